The van der Waals surface area contributed by atoms with E-state index in [0.717, 1.165) is 0 Å². The second-order valence-corrected chi connectivity index (χ2v) is 10.3. The van der Waals surface area contributed by atoms with Crippen LogP contribution < -0.4 is 14.8 Å². The van der Waals surface area contributed by atoms with Crippen molar-refractivity contribution in [2.24, 2.45) is 5.41 Å². The average molecular weight is 481 g/mol. The maximum atomic E-state index is 12.8. The third-order valence-corrected chi connectivity index (χ3v) is 6.18. The van der Waals surface area contributed by atoms with Gasteiger partial charge in [-0.15, -0.1) is 11.8 Å². The van der Waals surface area contributed by atoms with Crippen molar-refractivity contribution in [3.8, 4) is 5.75 Å². The molecule has 0 aromatic heterocycles. The van der Waals surface area contributed by atoms with Gasteiger partial charge in [0, 0.05) is 4.90 Å². The molecule has 0 saturated carbocycles. The number of thioether (sulfide) groups is 1. The molecule has 2 aromatic carbocycles. The molecule has 1 amide bonds. The number of carbonyl (C=O) groups excluding carboxylic acids is 2. The van der Waals surface area contributed by atoms with Gasteiger partial charge in [-0.05, 0) is 69.5 Å². The zero-order valence-corrected chi connectivity index (χ0v) is 19.6. The van der Waals surface area contributed by atoms with E-state index in [0.29, 0.717) is 4.90 Å². The van der Waals surface area contributed by atoms with Crippen molar-refractivity contribution in [3.05, 3.63) is 48.0 Å². The highest BCUT2D eigenvalue weighted by Crippen LogP contribution is 2.27. The molecule has 0 bridgehead atoms. The van der Waals surface area contributed by atoms with Gasteiger partial charge in [-0.2, -0.15) is 0 Å². The van der Waals surface area contributed by atoms with Gasteiger partial charge in [0.1, 0.15) is 12.3 Å². The van der Waals surface area contributed by atoms with Crippen LogP contribution in [-0.2, 0) is 19.6 Å². The van der Waals surface area contributed by atoms with E-state index in [9.17, 15) is 22.8 Å². The summed E-state index contributed by atoms with van der Waals surface area (Å²) < 4.78 is 33.3. The summed E-state index contributed by atoms with van der Waals surface area (Å²) in [5.74, 6) is -2.22. The van der Waals surface area contributed by atoms with Gasteiger partial charge in [0.15, 0.2) is 0 Å². The lowest BCUT2D eigenvalue weighted by Gasteiger charge is -2.16. The van der Waals surface area contributed by atoms with Gasteiger partial charge in [0.05, 0.1) is 21.6 Å². The van der Waals surface area contributed by atoms with E-state index in [-0.39, 0.29) is 21.9 Å². The second-order valence-electron chi connectivity index (χ2n) is 7.70. The SMILES string of the molecule is CSc1ccc(NS(=O)(=O)c2ccc(OC(=O)C(C)(C)C)cc2)c(C(=O)NCC(=O)O)c1. The number of ether oxygens (including phenoxy) is 1. The molecule has 172 valence electrons. The van der Waals surface area contributed by atoms with Crippen molar-refractivity contribution in [1.29, 1.82) is 0 Å². The van der Waals surface area contributed by atoms with Gasteiger partial charge in [-0.1, -0.05) is 0 Å². The Morgan fingerprint density at radius 1 is 1.06 bits per heavy atom. The molecule has 2 aromatic rings. The summed E-state index contributed by atoms with van der Waals surface area (Å²) in [7, 11) is -4.09. The number of carboxylic acids is 1. The number of hydrogen-bond acceptors (Lipinski definition) is 7. The summed E-state index contributed by atoms with van der Waals surface area (Å²) in [5, 5.41) is 11.0. The lowest BCUT2D eigenvalue weighted by molar-refractivity contribution is -0.143. The molecule has 0 unspecified atom stereocenters. The maximum absolute atomic E-state index is 12.8. The molecule has 0 aliphatic carbocycles. The fourth-order valence-corrected chi connectivity index (χ4v) is 3.85. The molecule has 11 heteroatoms. The molecule has 0 saturated heterocycles. The van der Waals surface area contributed by atoms with E-state index >= 15 is 0 Å². The summed E-state index contributed by atoms with van der Waals surface area (Å²) in [6.45, 7) is 4.49. The highest BCUT2D eigenvalue weighted by atomic mass is 32.2. The van der Waals surface area contributed by atoms with Gasteiger partial charge in [-0.25, -0.2) is 8.42 Å². The highest BCUT2D eigenvalue weighted by molar-refractivity contribution is 7.98. The molecule has 0 heterocycles. The monoisotopic (exact) mass is 480 g/mol. The Morgan fingerprint density at radius 3 is 2.22 bits per heavy atom. The number of nitrogens with one attached hydrogen (secondary N) is 2. The van der Waals surface area contributed by atoms with E-state index in [1.807, 2.05) is 0 Å². The summed E-state index contributed by atoms with van der Waals surface area (Å²) in [6.07, 6.45) is 1.78. The first kappa shape index (κ1) is 25.2. The standard InChI is InChI=1S/C21H24N2O7S2/c1-21(2,3)20(27)30-13-5-8-15(9-6-13)32(28,29)23-17-10-7-14(31-4)11-16(17)19(26)22-12-18(24)25/h5-11,23H,12H2,1-4H3,(H,22,26)(H,24,25). The van der Waals surface area contributed by atoms with Crippen LogP contribution in [0.15, 0.2) is 52.3 Å². The number of carbonyl (C=O) groups is 3. The highest BCUT2D eigenvalue weighted by Gasteiger charge is 2.24. The first-order chi connectivity index (χ1) is 14.8. The number of hydrogen-bond donors (Lipinski definition) is 3. The number of aliphatic carboxylic acids is 1. The van der Waals surface area contributed by atoms with Gasteiger partial charge < -0.3 is 15.2 Å². The minimum absolute atomic E-state index is 0.00562. The smallest absolute Gasteiger partial charge is 0.322 e. The van der Waals surface area contributed by atoms with Gasteiger partial charge in [0.25, 0.3) is 15.9 Å². The normalized spacial score (nSPS) is 11.5. The predicted molar refractivity (Wildman–Crippen MR) is 121 cm³/mol. The fraction of sp³-hybridized carbons (Fsp3) is 0.286. The third-order valence-electron chi connectivity index (χ3n) is 4.07. The zero-order valence-electron chi connectivity index (χ0n) is 18.0. The number of carboxylic acid groups (broad SMARTS) is 1. The zero-order chi connectivity index (χ0) is 24.1. The van der Waals surface area contributed by atoms with Gasteiger partial charge in [0.2, 0.25) is 0 Å². The molecule has 0 aliphatic heterocycles. The first-order valence-electron chi connectivity index (χ1n) is 9.36. The van der Waals surface area contributed by atoms with Crippen LogP contribution in [0.25, 0.3) is 0 Å². The van der Waals surface area contributed by atoms with E-state index < -0.39 is 39.8 Å². The molecule has 3 N–H and O–H groups in total. The Balaban J connectivity index is 2.28. The van der Waals surface area contributed by atoms with Crippen molar-refractivity contribution < 1.29 is 32.6 Å². The largest absolute Gasteiger partial charge is 0.480 e. The third kappa shape index (κ3) is 6.72. The Labute approximate surface area is 190 Å². The Kier molecular flexibility index (Phi) is 7.92. The lowest BCUT2D eigenvalue weighted by atomic mass is 9.97. The van der Waals surface area contributed by atoms with E-state index in [4.69, 9.17) is 9.84 Å². The van der Waals surface area contributed by atoms with E-state index in [1.54, 1.807) is 33.1 Å². The topological polar surface area (TPSA) is 139 Å². The van der Waals surface area contributed by atoms with Gasteiger partial charge >= 0.3 is 11.9 Å². The molecular weight excluding hydrogens is 456 g/mol. The number of esters is 1. The maximum Gasteiger partial charge on any atom is 0.322 e. The minimum atomic E-state index is -4.09. The van der Waals surface area contributed by atoms with Crippen LogP contribution in [0.5, 0.6) is 5.75 Å². The fourth-order valence-electron chi connectivity index (χ4n) is 2.33. The van der Waals surface area contributed by atoms with Crippen molar-refractivity contribution in [2.45, 2.75) is 30.6 Å². The number of benzene rings is 2. The average Bonchev–Trinajstić information content (AvgIpc) is 2.71. The number of anilines is 1. The van der Waals surface area contributed by atoms with Crippen LogP contribution in [0.3, 0.4) is 0 Å². The van der Waals surface area contributed by atoms with Crippen molar-refractivity contribution in [3.63, 3.8) is 0 Å². The Bertz CT molecular complexity index is 1120. The molecule has 0 spiro atoms. The molecular formula is C21H24N2O7S2. The van der Waals surface area contributed by atoms with Crippen LogP contribution in [0.2, 0.25) is 0 Å². The Morgan fingerprint density at radius 2 is 1.69 bits per heavy atom. The van der Waals surface area contributed by atoms with Crippen molar-refractivity contribution in [2.75, 3.05) is 17.5 Å². The van der Waals surface area contributed by atoms with E-state index in [1.165, 1.54) is 48.2 Å². The molecule has 0 radical (unpaired) electrons. The molecule has 0 aliphatic rings. The molecule has 0 atom stereocenters. The van der Waals surface area contributed by atoms with Crippen molar-refractivity contribution >= 4 is 45.3 Å². The minimum Gasteiger partial charge on any atom is -0.480 e. The molecule has 32 heavy (non-hydrogen) atoms. The first-order valence-corrected chi connectivity index (χ1v) is 12.1. The van der Waals surface area contributed by atoms with Crippen LogP contribution >= 0.6 is 11.8 Å². The lowest BCUT2D eigenvalue weighted by Crippen LogP contribution is -2.30. The molecule has 9 nitrogen and oxygen atoms in total. The number of sulfonamides is 1. The number of rotatable bonds is 8. The van der Waals surface area contributed by atoms with E-state index in [2.05, 4.69) is 10.0 Å². The quantitative estimate of drug-likeness (QED) is 0.298. The van der Waals surface area contributed by atoms with Crippen LogP contribution in [0.4, 0.5) is 5.69 Å². The summed E-state index contributed by atoms with van der Waals surface area (Å²) in [4.78, 5) is 35.7. The van der Waals surface area contributed by atoms with Crippen LogP contribution in [-0.4, -0.2) is 44.2 Å². The Hall–Kier alpha value is -3.05. The summed E-state index contributed by atoms with van der Waals surface area (Å²) in [5.41, 5.74) is -0.737. The second kappa shape index (κ2) is 10.0. The molecule has 0 fully saturated rings. The summed E-state index contributed by atoms with van der Waals surface area (Å²) >= 11 is 1.34. The van der Waals surface area contributed by atoms with Crippen molar-refractivity contribution in [1.82, 2.24) is 5.32 Å². The molecule has 2 rings (SSSR count). The predicted octanol–water partition coefficient (Wildman–Crippen LogP) is 2.98. The van der Waals surface area contributed by atoms with Gasteiger partial charge in [-0.3, -0.25) is 19.1 Å². The van der Waals surface area contributed by atoms with Crippen LogP contribution in [0, 0.1) is 5.41 Å². The number of amides is 1. The van der Waals surface area contributed by atoms with Crippen LogP contribution in [0.1, 0.15) is 31.1 Å². The summed E-state index contributed by atoms with van der Waals surface area (Å²) in [6, 6.07) is 9.78.